The summed E-state index contributed by atoms with van der Waals surface area (Å²) in [6.45, 7) is 5.37. The lowest BCUT2D eigenvalue weighted by Crippen LogP contribution is -2.45. The number of aromatic nitrogens is 1. The van der Waals surface area contributed by atoms with E-state index in [2.05, 4.69) is 16.9 Å². The first-order valence-electron chi connectivity index (χ1n) is 11.5. The fourth-order valence-electron chi connectivity index (χ4n) is 5.28. The van der Waals surface area contributed by atoms with Gasteiger partial charge in [-0.05, 0) is 61.6 Å². The molecular weight excluding hydrogens is 468 g/mol. The van der Waals surface area contributed by atoms with Gasteiger partial charge in [-0.25, -0.2) is 8.78 Å². The van der Waals surface area contributed by atoms with Crippen molar-refractivity contribution in [3.63, 3.8) is 0 Å². The summed E-state index contributed by atoms with van der Waals surface area (Å²) in [6, 6.07) is 9.17. The van der Waals surface area contributed by atoms with Crippen LogP contribution in [0, 0.1) is 29.0 Å². The maximum Gasteiger partial charge on any atom is 0.239 e. The number of nitriles is 1. The largest absolute Gasteiger partial charge is 0.378 e. The number of aliphatic imine (C=N–C) groups is 1. The monoisotopic (exact) mass is 493 g/mol. The smallest absolute Gasteiger partial charge is 0.239 e. The summed E-state index contributed by atoms with van der Waals surface area (Å²) in [5, 5.41) is 9.16. The second-order valence-corrected chi connectivity index (χ2v) is 11.1. The summed E-state index contributed by atoms with van der Waals surface area (Å²) in [7, 11) is 0. The van der Waals surface area contributed by atoms with Crippen LogP contribution in [0.4, 0.5) is 8.78 Å². The zero-order chi connectivity index (χ0) is 25.0. The van der Waals surface area contributed by atoms with Crippen molar-refractivity contribution in [1.82, 2.24) is 9.88 Å². The molecular formula is C26H25F2N5OS. The molecule has 5 rings (SSSR count). The Kier molecular flexibility index (Phi) is 5.67. The number of carbonyl (C=O) groups is 1. The molecule has 0 unspecified atom stereocenters. The van der Waals surface area contributed by atoms with E-state index in [4.69, 9.17) is 11.0 Å². The van der Waals surface area contributed by atoms with Gasteiger partial charge in [-0.2, -0.15) is 5.26 Å². The number of halogens is 2. The third kappa shape index (κ3) is 4.00. The van der Waals surface area contributed by atoms with E-state index in [1.54, 1.807) is 13.0 Å². The molecule has 1 aromatic heterocycles. The molecule has 1 saturated heterocycles. The van der Waals surface area contributed by atoms with Gasteiger partial charge in [0.15, 0.2) is 5.17 Å². The van der Waals surface area contributed by atoms with Crippen molar-refractivity contribution in [2.75, 3.05) is 13.1 Å². The molecule has 0 radical (unpaired) electrons. The van der Waals surface area contributed by atoms with Crippen molar-refractivity contribution in [1.29, 1.82) is 5.26 Å². The molecule has 2 aliphatic heterocycles. The molecule has 1 aliphatic carbocycles. The summed E-state index contributed by atoms with van der Waals surface area (Å²) in [5.41, 5.74) is 6.27. The van der Waals surface area contributed by atoms with Crippen molar-refractivity contribution in [3.05, 3.63) is 64.7 Å². The van der Waals surface area contributed by atoms with E-state index in [1.165, 1.54) is 48.3 Å². The molecule has 0 spiro atoms. The van der Waals surface area contributed by atoms with E-state index in [1.807, 2.05) is 11.0 Å². The minimum absolute atomic E-state index is 0.0512. The summed E-state index contributed by atoms with van der Waals surface area (Å²) in [5.74, 6) is -0.795. The average molecular weight is 494 g/mol. The highest BCUT2D eigenvalue weighted by atomic mass is 32.2. The lowest BCUT2D eigenvalue weighted by molar-refractivity contribution is -0.130. The molecule has 1 aromatic carbocycles. The van der Waals surface area contributed by atoms with Crippen LogP contribution in [0.1, 0.15) is 49.1 Å². The van der Waals surface area contributed by atoms with E-state index in [0.29, 0.717) is 23.5 Å². The number of hydrogen-bond acceptors (Lipinski definition) is 6. The van der Waals surface area contributed by atoms with Crippen LogP contribution in [-0.4, -0.2) is 38.8 Å². The van der Waals surface area contributed by atoms with Crippen LogP contribution in [0.2, 0.25) is 0 Å². The fraction of sp³-hybridized carbons (Fsp3) is 0.385. The van der Waals surface area contributed by atoms with Gasteiger partial charge < -0.3 is 10.6 Å². The molecule has 9 heteroatoms. The molecule has 0 bridgehead atoms. The predicted molar refractivity (Wildman–Crippen MR) is 132 cm³/mol. The number of likely N-dealkylation sites (tertiary alicyclic amines) is 1. The van der Waals surface area contributed by atoms with E-state index < -0.39 is 21.9 Å². The average Bonchev–Trinajstić information content (AvgIpc) is 3.44. The lowest BCUT2D eigenvalue weighted by atomic mass is 9.84. The zero-order valence-corrected chi connectivity index (χ0v) is 20.3. The number of thioether (sulfide) groups is 1. The molecule has 2 aromatic rings. The predicted octanol–water partition coefficient (Wildman–Crippen LogP) is 4.46. The Morgan fingerprint density at radius 2 is 2.17 bits per heavy atom. The third-order valence-corrected chi connectivity index (χ3v) is 8.55. The number of nitrogens with two attached hydrogens (primary N) is 1. The molecule has 3 heterocycles. The summed E-state index contributed by atoms with van der Waals surface area (Å²) in [6.07, 6.45) is 4.09. The Bertz CT molecular complexity index is 1300. The van der Waals surface area contributed by atoms with E-state index >= 15 is 4.39 Å². The summed E-state index contributed by atoms with van der Waals surface area (Å²) in [4.78, 5) is 24.0. The van der Waals surface area contributed by atoms with E-state index in [-0.39, 0.29) is 28.3 Å². The van der Waals surface area contributed by atoms with Crippen LogP contribution in [-0.2, 0) is 10.3 Å². The topological polar surface area (TPSA) is 95.4 Å². The van der Waals surface area contributed by atoms with Crippen molar-refractivity contribution < 1.29 is 13.6 Å². The molecule has 180 valence electrons. The molecule has 35 heavy (non-hydrogen) atoms. The maximum absolute atomic E-state index is 15.2. The van der Waals surface area contributed by atoms with Crippen LogP contribution < -0.4 is 5.73 Å². The van der Waals surface area contributed by atoms with Gasteiger partial charge in [-0.15, -0.1) is 0 Å². The number of nitrogens with zero attached hydrogens (tertiary/aromatic N) is 4. The summed E-state index contributed by atoms with van der Waals surface area (Å²) < 4.78 is 29.3. The SMILES string of the molecule is C[C@H]1CCN(C(=O)[C@]23C[C@H]2[C@@](C)(c2cc(/C=C(\F)c4ccc(C#N)cn4)ccc2F)N=C(N)S3)C1. The number of pyridine rings is 1. The quantitative estimate of drug-likeness (QED) is 0.678. The highest BCUT2D eigenvalue weighted by Crippen LogP contribution is 2.66. The number of carbonyl (C=O) groups excluding carboxylic acids is 1. The number of rotatable bonds is 4. The Hall–Kier alpha value is -3.25. The molecule has 2 fully saturated rings. The van der Waals surface area contributed by atoms with E-state index in [0.717, 1.165) is 19.5 Å². The van der Waals surface area contributed by atoms with Gasteiger partial charge in [0.1, 0.15) is 22.5 Å². The second kappa shape index (κ2) is 8.45. The molecule has 1 amide bonds. The standard InChI is InChI=1S/C26H25F2N5OS/c1-15-7-8-33(14-15)23(34)26-11-22(26)25(2,32-24(30)35-26)18-9-16(3-5-19(18)27)10-20(28)21-6-4-17(12-29)13-31-21/h3-6,9-10,13,15,22H,7-8,11,14H2,1-2H3,(H2,30,32)/b20-10-/t15-,22-,25+,26-/m0/s1. The Morgan fingerprint density at radius 1 is 1.37 bits per heavy atom. The van der Waals surface area contributed by atoms with Gasteiger partial charge >= 0.3 is 0 Å². The van der Waals surface area contributed by atoms with Gasteiger partial charge in [0, 0.05) is 30.8 Å². The van der Waals surface area contributed by atoms with Gasteiger partial charge in [0.25, 0.3) is 0 Å². The van der Waals surface area contributed by atoms with E-state index in [9.17, 15) is 9.18 Å². The van der Waals surface area contributed by atoms with Crippen molar-refractivity contribution in [2.24, 2.45) is 22.6 Å². The van der Waals surface area contributed by atoms with Crippen molar-refractivity contribution in [2.45, 2.75) is 37.0 Å². The van der Waals surface area contributed by atoms with Crippen LogP contribution in [0.25, 0.3) is 11.9 Å². The molecule has 4 atom stereocenters. The minimum Gasteiger partial charge on any atom is -0.378 e. The van der Waals surface area contributed by atoms with Crippen LogP contribution in [0.5, 0.6) is 0 Å². The molecule has 3 aliphatic rings. The maximum atomic E-state index is 15.2. The number of amidine groups is 1. The van der Waals surface area contributed by atoms with Crippen molar-refractivity contribution >= 4 is 34.7 Å². The van der Waals surface area contributed by atoms with Gasteiger partial charge in [-0.3, -0.25) is 14.8 Å². The number of benzene rings is 1. The summed E-state index contributed by atoms with van der Waals surface area (Å²) >= 11 is 1.29. The van der Waals surface area contributed by atoms with Crippen LogP contribution >= 0.6 is 11.8 Å². The Labute approximate surface area is 206 Å². The van der Waals surface area contributed by atoms with Gasteiger partial charge in [-0.1, -0.05) is 24.8 Å². The first kappa shape index (κ1) is 23.5. The fourth-order valence-corrected chi connectivity index (χ4v) is 6.73. The zero-order valence-electron chi connectivity index (χ0n) is 19.5. The Balaban J connectivity index is 1.47. The third-order valence-electron chi connectivity index (χ3n) is 7.26. The highest BCUT2D eigenvalue weighted by molar-refractivity contribution is 8.15. The van der Waals surface area contributed by atoms with Gasteiger partial charge in [0.05, 0.1) is 16.8 Å². The molecule has 2 N–H and O–H groups in total. The number of hydrogen-bond donors (Lipinski definition) is 1. The molecule has 6 nitrogen and oxygen atoms in total. The second-order valence-electron chi connectivity index (χ2n) is 9.77. The lowest BCUT2D eigenvalue weighted by Gasteiger charge is -2.35. The first-order chi connectivity index (χ1) is 16.7. The molecule has 1 saturated carbocycles. The highest BCUT2D eigenvalue weighted by Gasteiger charge is 2.71. The normalized spacial score (nSPS) is 29.9. The minimum atomic E-state index is -1.05. The van der Waals surface area contributed by atoms with Crippen LogP contribution in [0.15, 0.2) is 41.5 Å². The Morgan fingerprint density at radius 3 is 2.83 bits per heavy atom. The van der Waals surface area contributed by atoms with Crippen LogP contribution in [0.3, 0.4) is 0 Å². The van der Waals surface area contributed by atoms with Gasteiger partial charge in [0.2, 0.25) is 5.91 Å². The number of amides is 1. The van der Waals surface area contributed by atoms with Crippen molar-refractivity contribution in [3.8, 4) is 6.07 Å². The first-order valence-corrected chi connectivity index (χ1v) is 12.4. The number of fused-ring (bicyclic) bond motifs is 1.